The largest absolute Gasteiger partial charge is 0.497 e. The van der Waals surface area contributed by atoms with Crippen molar-refractivity contribution in [2.75, 3.05) is 52.3 Å². The van der Waals surface area contributed by atoms with E-state index in [0.29, 0.717) is 12.5 Å². The molecule has 0 bridgehead atoms. The zero-order chi connectivity index (χ0) is 22.1. The van der Waals surface area contributed by atoms with Crippen LogP contribution in [-0.2, 0) is 11.2 Å². The Morgan fingerprint density at radius 2 is 2.19 bits per heavy atom. The van der Waals surface area contributed by atoms with E-state index in [4.69, 9.17) is 9.15 Å². The van der Waals surface area contributed by atoms with Gasteiger partial charge in [0.2, 0.25) is 5.91 Å². The molecule has 0 radical (unpaired) electrons. The zero-order valence-electron chi connectivity index (χ0n) is 18.6. The smallest absolute Gasteiger partial charge is 0.243 e. The summed E-state index contributed by atoms with van der Waals surface area (Å²) in [7, 11) is 5.16. The van der Waals surface area contributed by atoms with E-state index < -0.39 is 0 Å². The summed E-state index contributed by atoms with van der Waals surface area (Å²) in [6, 6.07) is 12.2. The van der Waals surface area contributed by atoms with Crippen LogP contribution in [0.2, 0.25) is 0 Å². The number of aliphatic imine (C=N–C) groups is 1. The maximum Gasteiger partial charge on any atom is 0.243 e. The summed E-state index contributed by atoms with van der Waals surface area (Å²) >= 11 is 0. The van der Waals surface area contributed by atoms with Crippen LogP contribution in [0.25, 0.3) is 0 Å². The second kappa shape index (κ2) is 11.3. The number of amides is 1. The third-order valence-electron chi connectivity index (χ3n) is 5.30. The minimum atomic E-state index is -0.0335. The van der Waals surface area contributed by atoms with Crippen LogP contribution < -0.4 is 20.3 Å². The van der Waals surface area contributed by atoms with E-state index in [9.17, 15) is 4.79 Å². The van der Waals surface area contributed by atoms with Gasteiger partial charge in [0.05, 0.1) is 13.4 Å². The number of benzene rings is 1. The topological polar surface area (TPSA) is 82.3 Å². The minimum Gasteiger partial charge on any atom is -0.497 e. The Bertz CT molecular complexity index is 851. The van der Waals surface area contributed by atoms with Crippen LogP contribution in [0.15, 0.2) is 52.1 Å². The summed E-state index contributed by atoms with van der Waals surface area (Å²) in [6.07, 6.45) is 4.54. The van der Waals surface area contributed by atoms with Crippen molar-refractivity contribution in [3.63, 3.8) is 0 Å². The molecule has 2 heterocycles. The summed E-state index contributed by atoms with van der Waals surface area (Å²) < 4.78 is 10.8. The Labute approximate surface area is 184 Å². The second-order valence-electron chi connectivity index (χ2n) is 7.84. The number of nitrogens with one attached hydrogen (secondary N) is 2. The molecule has 2 N–H and O–H groups in total. The second-order valence-corrected chi connectivity index (χ2v) is 7.84. The molecule has 1 saturated heterocycles. The van der Waals surface area contributed by atoms with E-state index in [1.165, 1.54) is 0 Å². The number of nitrogens with zero attached hydrogens (tertiary/aromatic N) is 3. The van der Waals surface area contributed by atoms with Crippen LogP contribution in [0.1, 0.15) is 18.6 Å². The van der Waals surface area contributed by atoms with E-state index in [1.54, 1.807) is 32.4 Å². The molecular formula is C23H33N5O3. The van der Waals surface area contributed by atoms with Crippen molar-refractivity contribution in [2.45, 2.75) is 25.3 Å². The van der Waals surface area contributed by atoms with Crippen LogP contribution in [0, 0.1) is 0 Å². The maximum atomic E-state index is 12.0. The number of furan rings is 1. The van der Waals surface area contributed by atoms with Gasteiger partial charge in [-0.1, -0.05) is 6.07 Å². The van der Waals surface area contributed by atoms with Gasteiger partial charge in [-0.3, -0.25) is 4.79 Å². The molecule has 0 aliphatic carbocycles. The number of ether oxygens (including phenoxy) is 1. The predicted octanol–water partition coefficient (Wildman–Crippen LogP) is 2.12. The van der Waals surface area contributed by atoms with Crippen LogP contribution in [-0.4, -0.2) is 70.2 Å². The molecule has 1 amide bonds. The third kappa shape index (κ3) is 6.94. The molecular weight excluding hydrogens is 394 g/mol. The fourth-order valence-electron chi connectivity index (χ4n) is 3.53. The maximum absolute atomic E-state index is 12.0. The Morgan fingerprint density at radius 1 is 1.32 bits per heavy atom. The van der Waals surface area contributed by atoms with E-state index >= 15 is 0 Å². The van der Waals surface area contributed by atoms with Gasteiger partial charge in [-0.15, -0.1) is 0 Å². The average molecular weight is 428 g/mol. The molecule has 2 aromatic rings. The molecule has 8 nitrogen and oxygen atoms in total. The van der Waals surface area contributed by atoms with Crippen LogP contribution in [0.4, 0.5) is 5.69 Å². The first-order valence-electron chi connectivity index (χ1n) is 10.7. The first kappa shape index (κ1) is 22.5. The van der Waals surface area contributed by atoms with Crippen LogP contribution >= 0.6 is 0 Å². The van der Waals surface area contributed by atoms with Crippen LogP contribution in [0.5, 0.6) is 5.75 Å². The number of likely N-dealkylation sites (N-methyl/N-ethyl adjacent to an activating group) is 1. The molecule has 168 valence electrons. The van der Waals surface area contributed by atoms with Gasteiger partial charge in [-0.05, 0) is 37.1 Å². The molecule has 3 rings (SSSR count). The molecule has 1 aromatic heterocycles. The molecule has 0 spiro atoms. The van der Waals surface area contributed by atoms with E-state index in [2.05, 4.69) is 32.7 Å². The number of hydrogen-bond acceptors (Lipinski definition) is 5. The van der Waals surface area contributed by atoms with E-state index in [-0.39, 0.29) is 18.5 Å². The number of methoxy groups -OCH3 is 1. The monoisotopic (exact) mass is 427 g/mol. The number of carbonyl (C=O) groups excluding carboxylic acids is 1. The number of hydrogen-bond donors (Lipinski definition) is 2. The fraction of sp³-hybridized carbons (Fsp3) is 0.478. The minimum absolute atomic E-state index is 0.0335. The lowest BCUT2D eigenvalue weighted by Gasteiger charge is -2.35. The molecule has 1 aromatic carbocycles. The lowest BCUT2D eigenvalue weighted by atomic mass is 10.0. The summed E-state index contributed by atoms with van der Waals surface area (Å²) in [6.45, 7) is 2.63. The number of piperidine rings is 1. The molecule has 1 atom stereocenters. The highest BCUT2D eigenvalue weighted by Gasteiger charge is 2.21. The Hall–Kier alpha value is -3.16. The van der Waals surface area contributed by atoms with Gasteiger partial charge < -0.3 is 29.6 Å². The summed E-state index contributed by atoms with van der Waals surface area (Å²) in [5.74, 6) is 2.39. The number of anilines is 1. The SMILES string of the molecule is COc1cccc(N2CCCC(NC(=NCC(=O)N(C)C)NCCc3ccco3)C2)c1. The highest BCUT2D eigenvalue weighted by atomic mass is 16.5. The van der Waals surface area contributed by atoms with Crippen molar-refractivity contribution in [3.8, 4) is 5.75 Å². The quantitative estimate of drug-likeness (QED) is 0.496. The van der Waals surface area contributed by atoms with Gasteiger partial charge in [0, 0.05) is 57.9 Å². The number of rotatable bonds is 8. The summed E-state index contributed by atoms with van der Waals surface area (Å²) in [5.41, 5.74) is 1.15. The molecule has 1 fully saturated rings. The highest BCUT2D eigenvalue weighted by molar-refractivity contribution is 5.85. The standard InChI is InChI=1S/C23H33N5O3/c1-27(2)22(29)16-25-23(24-12-11-20-10-6-14-31-20)26-18-7-5-13-28(17-18)19-8-4-9-21(15-19)30-3/h4,6,8-10,14-15,18H,5,7,11-13,16-17H2,1-3H3,(H2,24,25,26). The van der Waals surface area contributed by atoms with Gasteiger partial charge in [0.15, 0.2) is 5.96 Å². The van der Waals surface area contributed by atoms with Gasteiger partial charge >= 0.3 is 0 Å². The van der Waals surface area contributed by atoms with Crippen molar-refractivity contribution in [2.24, 2.45) is 4.99 Å². The van der Waals surface area contributed by atoms with Crippen molar-refractivity contribution < 1.29 is 13.9 Å². The van der Waals surface area contributed by atoms with E-state index in [1.807, 2.05) is 24.3 Å². The van der Waals surface area contributed by atoms with Gasteiger partial charge in [0.1, 0.15) is 18.1 Å². The normalized spacial score (nSPS) is 16.7. The van der Waals surface area contributed by atoms with Gasteiger partial charge in [-0.25, -0.2) is 4.99 Å². The summed E-state index contributed by atoms with van der Waals surface area (Å²) in [5, 5.41) is 6.87. The zero-order valence-corrected chi connectivity index (χ0v) is 18.6. The number of carbonyl (C=O) groups is 1. The summed E-state index contributed by atoms with van der Waals surface area (Å²) in [4.78, 5) is 20.4. The lowest BCUT2D eigenvalue weighted by Crippen LogP contribution is -2.51. The number of guanidine groups is 1. The lowest BCUT2D eigenvalue weighted by molar-refractivity contribution is -0.127. The first-order chi connectivity index (χ1) is 15.0. The van der Waals surface area contributed by atoms with Gasteiger partial charge in [0.25, 0.3) is 0 Å². The molecule has 1 aliphatic rings. The average Bonchev–Trinajstić information content (AvgIpc) is 3.30. The fourth-order valence-corrected chi connectivity index (χ4v) is 3.53. The molecule has 1 aliphatic heterocycles. The molecule has 1 unspecified atom stereocenters. The molecule has 0 saturated carbocycles. The van der Waals surface area contributed by atoms with Crippen molar-refractivity contribution in [1.29, 1.82) is 0 Å². The van der Waals surface area contributed by atoms with E-state index in [0.717, 1.165) is 49.5 Å². The van der Waals surface area contributed by atoms with Crippen molar-refractivity contribution >= 4 is 17.6 Å². The third-order valence-corrected chi connectivity index (χ3v) is 5.30. The Kier molecular flexibility index (Phi) is 8.20. The first-order valence-corrected chi connectivity index (χ1v) is 10.7. The molecule has 31 heavy (non-hydrogen) atoms. The predicted molar refractivity (Wildman–Crippen MR) is 123 cm³/mol. The Morgan fingerprint density at radius 3 is 2.94 bits per heavy atom. The van der Waals surface area contributed by atoms with Crippen molar-refractivity contribution in [1.82, 2.24) is 15.5 Å². The highest BCUT2D eigenvalue weighted by Crippen LogP contribution is 2.24. The van der Waals surface area contributed by atoms with Crippen molar-refractivity contribution in [3.05, 3.63) is 48.4 Å². The van der Waals surface area contributed by atoms with Crippen LogP contribution in [0.3, 0.4) is 0 Å². The Balaban J connectivity index is 1.62. The molecule has 8 heteroatoms. The van der Waals surface area contributed by atoms with Gasteiger partial charge in [-0.2, -0.15) is 0 Å².